The number of phosphoric acid groups is 1. The maximum atomic E-state index is 12.9. The van der Waals surface area contributed by atoms with E-state index in [0.717, 1.165) is 122 Å². The van der Waals surface area contributed by atoms with Crippen molar-refractivity contribution in [3.8, 4) is 0 Å². The van der Waals surface area contributed by atoms with Gasteiger partial charge in [0.05, 0.1) is 19.8 Å². The molecule has 0 heterocycles. The van der Waals surface area contributed by atoms with E-state index in [2.05, 4.69) is 112 Å². The standard InChI is InChI=1S/C58H95O11P/c1-4-7-10-13-16-19-22-25-27-30-32-35-38-41-44-47-56(60)65-51-55(69-58(62)49-46-43-40-37-34-31-28-26-23-20-17-14-11-8-5-2)53-67-70(63,64)66-52-54(50-59)68-57(61)48-45-42-39-36-33-29-24-21-18-15-12-9-6-3/h8-9,11-12,16-21,25-29,33,39,42,54-55,59H,4-7,10,13-15,22-24,30-32,34-38,40-41,43-53H2,1-3H3,(H,63,64)/b11-8-,12-9-,19-16-,20-17-,21-18-,27-25-,28-26-,33-29-,42-39-. The predicted octanol–water partition coefficient (Wildman–Crippen LogP) is 15.5. The molecule has 3 atom stereocenters. The van der Waals surface area contributed by atoms with Crippen molar-refractivity contribution in [1.29, 1.82) is 0 Å². The third kappa shape index (κ3) is 49.1. The third-order valence-corrected chi connectivity index (χ3v) is 11.6. The van der Waals surface area contributed by atoms with Crippen LogP contribution in [-0.2, 0) is 42.2 Å². The molecule has 12 heteroatoms. The van der Waals surface area contributed by atoms with E-state index in [1.807, 2.05) is 18.2 Å². The van der Waals surface area contributed by atoms with Gasteiger partial charge in [-0.3, -0.25) is 23.4 Å². The van der Waals surface area contributed by atoms with Gasteiger partial charge in [-0.2, -0.15) is 0 Å². The van der Waals surface area contributed by atoms with Gasteiger partial charge >= 0.3 is 25.7 Å². The first-order valence-corrected chi connectivity index (χ1v) is 28.3. The number of ether oxygens (including phenoxy) is 3. The van der Waals surface area contributed by atoms with Gasteiger partial charge in [0.15, 0.2) is 6.10 Å². The van der Waals surface area contributed by atoms with E-state index in [-0.39, 0.29) is 25.9 Å². The Morgan fingerprint density at radius 2 is 0.771 bits per heavy atom. The third-order valence-electron chi connectivity index (χ3n) is 10.7. The van der Waals surface area contributed by atoms with Crippen LogP contribution in [0.15, 0.2) is 109 Å². The number of unbranched alkanes of at least 4 members (excludes halogenated alkanes) is 13. The van der Waals surface area contributed by atoms with Gasteiger partial charge in [-0.05, 0) is 109 Å². The van der Waals surface area contributed by atoms with Gasteiger partial charge < -0.3 is 24.2 Å². The fourth-order valence-corrected chi connectivity index (χ4v) is 7.43. The van der Waals surface area contributed by atoms with Crippen molar-refractivity contribution in [2.24, 2.45) is 0 Å². The first-order chi connectivity index (χ1) is 34.2. The lowest BCUT2D eigenvalue weighted by molar-refractivity contribution is -0.161. The lowest BCUT2D eigenvalue weighted by Crippen LogP contribution is -2.30. The number of rotatable bonds is 48. The van der Waals surface area contributed by atoms with Crippen LogP contribution in [0.5, 0.6) is 0 Å². The summed E-state index contributed by atoms with van der Waals surface area (Å²) in [7, 11) is -4.78. The number of esters is 3. The molecule has 0 saturated heterocycles. The number of aliphatic hydroxyl groups is 1. The Morgan fingerprint density at radius 3 is 1.23 bits per heavy atom. The van der Waals surface area contributed by atoms with Crippen LogP contribution in [0.2, 0.25) is 0 Å². The largest absolute Gasteiger partial charge is 0.472 e. The number of carbonyl (C=O) groups is 3. The van der Waals surface area contributed by atoms with Crippen molar-refractivity contribution in [1.82, 2.24) is 0 Å². The minimum atomic E-state index is -4.78. The highest BCUT2D eigenvalue weighted by atomic mass is 31.2. The molecule has 0 aliphatic rings. The molecule has 0 bridgehead atoms. The average Bonchev–Trinajstić information content (AvgIpc) is 3.35. The number of allylic oxidation sites excluding steroid dienone is 18. The molecular weight excluding hydrogens is 904 g/mol. The molecule has 0 aromatic carbocycles. The second-order valence-corrected chi connectivity index (χ2v) is 18.7. The molecule has 0 aromatic heterocycles. The number of aliphatic hydroxyl groups excluding tert-OH is 1. The molecule has 0 spiro atoms. The van der Waals surface area contributed by atoms with Gasteiger partial charge in [0.1, 0.15) is 12.7 Å². The summed E-state index contributed by atoms with van der Waals surface area (Å²) in [6.45, 7) is 4.24. The highest BCUT2D eigenvalue weighted by molar-refractivity contribution is 7.47. The van der Waals surface area contributed by atoms with Gasteiger partial charge in [0.25, 0.3) is 0 Å². The molecule has 0 aromatic rings. The van der Waals surface area contributed by atoms with Crippen LogP contribution < -0.4 is 0 Å². The van der Waals surface area contributed by atoms with Crippen LogP contribution >= 0.6 is 7.82 Å². The summed E-state index contributed by atoms with van der Waals surface area (Å²) in [6, 6.07) is 0. The monoisotopic (exact) mass is 999 g/mol. The Bertz CT molecular complexity index is 1590. The van der Waals surface area contributed by atoms with E-state index in [0.29, 0.717) is 19.3 Å². The Morgan fingerprint density at radius 1 is 0.414 bits per heavy atom. The van der Waals surface area contributed by atoms with Crippen LogP contribution in [0.25, 0.3) is 0 Å². The molecule has 0 fully saturated rings. The summed E-state index contributed by atoms with van der Waals surface area (Å²) in [5.41, 5.74) is 0. The molecule has 0 radical (unpaired) electrons. The van der Waals surface area contributed by atoms with Crippen LogP contribution in [0.3, 0.4) is 0 Å². The molecule has 0 amide bonds. The zero-order valence-corrected chi connectivity index (χ0v) is 44.6. The van der Waals surface area contributed by atoms with Gasteiger partial charge in [-0.1, -0.05) is 182 Å². The topological polar surface area (TPSA) is 155 Å². The van der Waals surface area contributed by atoms with Gasteiger partial charge in [-0.25, -0.2) is 4.57 Å². The summed E-state index contributed by atoms with van der Waals surface area (Å²) in [5.74, 6) is -1.60. The summed E-state index contributed by atoms with van der Waals surface area (Å²) < 4.78 is 39.3. The van der Waals surface area contributed by atoms with Crippen LogP contribution in [0, 0.1) is 0 Å². The van der Waals surface area contributed by atoms with E-state index < -0.39 is 57.8 Å². The van der Waals surface area contributed by atoms with Crippen LogP contribution in [-0.4, -0.2) is 66.5 Å². The second kappa shape index (κ2) is 51.5. The van der Waals surface area contributed by atoms with Crippen LogP contribution in [0.4, 0.5) is 0 Å². The van der Waals surface area contributed by atoms with Gasteiger partial charge in [0, 0.05) is 19.3 Å². The lowest BCUT2D eigenvalue weighted by atomic mass is 10.1. The maximum absolute atomic E-state index is 12.9. The maximum Gasteiger partial charge on any atom is 0.472 e. The SMILES string of the molecule is CC/C=C\C/C=C\C/C=C\C/C=C\CCC(=O)OC(CO)COP(=O)(O)OCC(COC(=O)CCCCCCC/C=C\C/C=C\CCCCC)OC(=O)CCCCCCC/C=C\C/C=C\C/C=C\CC. The quantitative estimate of drug-likeness (QED) is 0.0197. The molecule has 2 N–H and O–H groups in total. The highest BCUT2D eigenvalue weighted by Crippen LogP contribution is 2.43. The summed E-state index contributed by atoms with van der Waals surface area (Å²) >= 11 is 0. The highest BCUT2D eigenvalue weighted by Gasteiger charge is 2.28. The van der Waals surface area contributed by atoms with Crippen molar-refractivity contribution in [2.75, 3.05) is 26.4 Å². The fraction of sp³-hybridized carbons (Fsp3) is 0.638. The molecule has 3 unspecified atom stereocenters. The predicted molar refractivity (Wildman–Crippen MR) is 288 cm³/mol. The number of hydrogen-bond acceptors (Lipinski definition) is 10. The normalized spacial score (nSPS) is 14.3. The summed E-state index contributed by atoms with van der Waals surface area (Å²) in [4.78, 5) is 48.4. The first kappa shape index (κ1) is 66.1. The van der Waals surface area contributed by atoms with Crippen LogP contribution in [0.1, 0.15) is 201 Å². The minimum Gasteiger partial charge on any atom is -0.462 e. The van der Waals surface area contributed by atoms with E-state index in [9.17, 15) is 28.9 Å². The number of hydrogen-bond donors (Lipinski definition) is 2. The summed E-state index contributed by atoms with van der Waals surface area (Å²) in [6.07, 6.45) is 60.7. The zero-order chi connectivity index (χ0) is 51.3. The second-order valence-electron chi connectivity index (χ2n) is 17.3. The van der Waals surface area contributed by atoms with Crippen molar-refractivity contribution < 1.29 is 52.2 Å². The minimum absolute atomic E-state index is 0.0487. The first-order valence-electron chi connectivity index (χ1n) is 26.8. The van der Waals surface area contributed by atoms with Crippen molar-refractivity contribution in [2.45, 2.75) is 213 Å². The molecular formula is C58H95O11P. The van der Waals surface area contributed by atoms with E-state index in [4.69, 9.17) is 23.3 Å². The molecule has 11 nitrogen and oxygen atoms in total. The number of carbonyl (C=O) groups excluding carboxylic acids is 3. The Hall–Kier alpha value is -3.86. The molecule has 0 aliphatic heterocycles. The van der Waals surface area contributed by atoms with Gasteiger partial charge in [-0.15, -0.1) is 0 Å². The lowest BCUT2D eigenvalue weighted by Gasteiger charge is -2.21. The zero-order valence-electron chi connectivity index (χ0n) is 43.7. The van der Waals surface area contributed by atoms with Crippen molar-refractivity contribution >= 4 is 25.7 Å². The fourth-order valence-electron chi connectivity index (χ4n) is 6.65. The summed E-state index contributed by atoms with van der Waals surface area (Å²) in [5, 5.41) is 9.77. The number of phosphoric ester groups is 1. The van der Waals surface area contributed by atoms with Gasteiger partial charge in [0.2, 0.25) is 0 Å². The van der Waals surface area contributed by atoms with Crippen molar-refractivity contribution in [3.63, 3.8) is 0 Å². The average molecular weight is 999 g/mol. The molecule has 398 valence electrons. The van der Waals surface area contributed by atoms with E-state index in [1.54, 1.807) is 0 Å². The molecule has 0 aliphatic carbocycles. The van der Waals surface area contributed by atoms with Crippen molar-refractivity contribution in [3.05, 3.63) is 109 Å². The smallest absolute Gasteiger partial charge is 0.462 e. The Labute approximate surface area is 425 Å². The molecule has 0 rings (SSSR count). The molecule has 0 saturated carbocycles. The Balaban J connectivity index is 4.87. The molecule has 70 heavy (non-hydrogen) atoms. The van der Waals surface area contributed by atoms with E-state index >= 15 is 0 Å². The Kier molecular flexibility index (Phi) is 48.7. The van der Waals surface area contributed by atoms with E-state index in [1.165, 1.54) is 19.3 Å².